The maximum atomic E-state index is 12.6. The van der Waals surface area contributed by atoms with E-state index in [9.17, 15) is 8.42 Å². The Morgan fingerprint density at radius 3 is 2.88 bits per heavy atom. The lowest BCUT2D eigenvalue weighted by Gasteiger charge is -2.15. The molecule has 0 spiro atoms. The first-order chi connectivity index (χ1) is 12.6. The average molecular weight is 376 g/mol. The smallest absolute Gasteiger partial charge is 0.235 e. The molecule has 0 aliphatic carbocycles. The van der Waals surface area contributed by atoms with Crippen LogP contribution in [0.5, 0.6) is 0 Å². The van der Waals surface area contributed by atoms with E-state index in [4.69, 9.17) is 4.74 Å². The Bertz CT molecular complexity index is 872. The van der Waals surface area contributed by atoms with Crippen LogP contribution < -0.4 is 4.72 Å². The van der Waals surface area contributed by atoms with Crippen molar-refractivity contribution >= 4 is 15.7 Å². The Balaban J connectivity index is 1.62. The summed E-state index contributed by atoms with van der Waals surface area (Å²) < 4.78 is 35.5. The van der Waals surface area contributed by atoms with Gasteiger partial charge in [0.2, 0.25) is 10.0 Å². The molecule has 1 atom stereocenters. The van der Waals surface area contributed by atoms with Gasteiger partial charge in [0.15, 0.2) is 5.82 Å². The van der Waals surface area contributed by atoms with Gasteiger partial charge in [0.25, 0.3) is 0 Å². The number of hydrogen-bond donors (Lipinski definition) is 1. The van der Waals surface area contributed by atoms with E-state index in [-0.39, 0.29) is 11.9 Å². The fraction of sp³-hybridized carbons (Fsp3) is 0.556. The molecule has 2 aliphatic heterocycles. The lowest BCUT2D eigenvalue weighted by atomic mass is 10.1. The third-order valence-electron chi connectivity index (χ3n) is 4.97. The first-order valence-electron chi connectivity index (χ1n) is 9.26. The Morgan fingerprint density at radius 2 is 2.04 bits per heavy atom. The SMILES string of the molecule is O=S(=O)(CC1CCCO1)Nc1ccccc1-c1nnc2n1CCCCC2. The van der Waals surface area contributed by atoms with Crippen molar-refractivity contribution in [3.8, 4) is 11.4 Å². The topological polar surface area (TPSA) is 86.1 Å². The number of fused-ring (bicyclic) bond motifs is 1. The third-order valence-corrected chi connectivity index (χ3v) is 6.31. The first kappa shape index (κ1) is 17.5. The minimum absolute atomic E-state index is 0.0146. The van der Waals surface area contributed by atoms with Gasteiger partial charge < -0.3 is 9.30 Å². The van der Waals surface area contributed by atoms with Gasteiger partial charge in [0.05, 0.1) is 17.5 Å². The molecule has 26 heavy (non-hydrogen) atoms. The molecule has 1 aromatic heterocycles. The molecule has 0 radical (unpaired) electrons. The molecule has 1 saturated heterocycles. The Labute approximate surface area is 153 Å². The Hall–Kier alpha value is -1.93. The van der Waals surface area contributed by atoms with Gasteiger partial charge in [-0.1, -0.05) is 18.6 Å². The van der Waals surface area contributed by atoms with E-state index in [2.05, 4.69) is 19.5 Å². The first-order valence-corrected chi connectivity index (χ1v) is 10.9. The quantitative estimate of drug-likeness (QED) is 0.867. The largest absolute Gasteiger partial charge is 0.377 e. The molecule has 0 bridgehead atoms. The van der Waals surface area contributed by atoms with Gasteiger partial charge in [0, 0.05) is 25.1 Å². The molecule has 8 heteroatoms. The van der Waals surface area contributed by atoms with E-state index in [1.165, 1.54) is 6.42 Å². The predicted molar refractivity (Wildman–Crippen MR) is 99.4 cm³/mol. The van der Waals surface area contributed by atoms with Crippen LogP contribution in [0, 0.1) is 0 Å². The van der Waals surface area contributed by atoms with Gasteiger partial charge in [-0.2, -0.15) is 0 Å². The molecule has 2 aromatic rings. The second-order valence-corrected chi connectivity index (χ2v) is 8.73. The summed E-state index contributed by atoms with van der Waals surface area (Å²) in [6.45, 7) is 1.51. The zero-order chi connectivity index (χ0) is 18.0. The molecule has 4 rings (SSSR count). The van der Waals surface area contributed by atoms with Crippen LogP contribution in [0.25, 0.3) is 11.4 Å². The summed E-state index contributed by atoms with van der Waals surface area (Å²) in [4.78, 5) is 0. The molecule has 0 amide bonds. The van der Waals surface area contributed by atoms with Crippen molar-refractivity contribution in [2.75, 3.05) is 17.1 Å². The maximum absolute atomic E-state index is 12.6. The summed E-state index contributed by atoms with van der Waals surface area (Å²) in [6.07, 6.45) is 5.80. The molecule has 7 nitrogen and oxygen atoms in total. The van der Waals surface area contributed by atoms with Gasteiger partial charge in [-0.15, -0.1) is 10.2 Å². The van der Waals surface area contributed by atoms with Crippen LogP contribution in [0.4, 0.5) is 5.69 Å². The van der Waals surface area contributed by atoms with Crippen LogP contribution >= 0.6 is 0 Å². The number of ether oxygens (including phenoxy) is 1. The summed E-state index contributed by atoms with van der Waals surface area (Å²) in [6, 6.07) is 7.39. The minimum Gasteiger partial charge on any atom is -0.377 e. The summed E-state index contributed by atoms with van der Waals surface area (Å²) in [5.74, 6) is 1.70. The van der Waals surface area contributed by atoms with E-state index in [0.29, 0.717) is 12.3 Å². The number of aryl methyl sites for hydroxylation is 1. The van der Waals surface area contributed by atoms with Crippen LogP contribution in [0.3, 0.4) is 0 Å². The molecule has 1 aromatic carbocycles. The monoisotopic (exact) mass is 376 g/mol. The lowest BCUT2D eigenvalue weighted by Crippen LogP contribution is -2.26. The highest BCUT2D eigenvalue weighted by Crippen LogP contribution is 2.30. The van der Waals surface area contributed by atoms with E-state index in [1.807, 2.05) is 18.2 Å². The second kappa shape index (κ2) is 7.36. The number of aromatic nitrogens is 3. The van der Waals surface area contributed by atoms with Gasteiger partial charge in [-0.05, 0) is 37.8 Å². The molecule has 3 heterocycles. The zero-order valence-corrected chi connectivity index (χ0v) is 15.5. The van der Waals surface area contributed by atoms with Crippen molar-refractivity contribution in [2.45, 2.75) is 51.2 Å². The standard InChI is InChI=1S/C18H24N4O3S/c23-26(24,13-14-7-6-12-25-14)21-16-9-4-3-8-15(16)18-20-19-17-10-2-1-5-11-22(17)18/h3-4,8-9,14,21H,1-2,5-7,10-13H2. The third kappa shape index (κ3) is 3.76. The molecule has 1 N–H and O–H groups in total. The molecular formula is C18H24N4O3S. The van der Waals surface area contributed by atoms with Crippen LogP contribution in [-0.2, 0) is 27.7 Å². The van der Waals surface area contributed by atoms with Gasteiger partial charge >= 0.3 is 0 Å². The lowest BCUT2D eigenvalue weighted by molar-refractivity contribution is 0.127. The number of sulfonamides is 1. The summed E-state index contributed by atoms with van der Waals surface area (Å²) in [5.41, 5.74) is 1.31. The minimum atomic E-state index is -3.49. The van der Waals surface area contributed by atoms with Gasteiger partial charge in [-0.25, -0.2) is 8.42 Å². The molecule has 2 aliphatic rings. The maximum Gasteiger partial charge on any atom is 0.235 e. The van der Waals surface area contributed by atoms with Crippen molar-refractivity contribution in [1.29, 1.82) is 0 Å². The number of nitrogens with zero attached hydrogens (tertiary/aromatic N) is 3. The molecular weight excluding hydrogens is 352 g/mol. The summed E-state index contributed by atoms with van der Waals surface area (Å²) in [7, 11) is -3.49. The number of hydrogen-bond acceptors (Lipinski definition) is 5. The van der Waals surface area contributed by atoms with E-state index in [1.54, 1.807) is 6.07 Å². The predicted octanol–water partition coefficient (Wildman–Crippen LogP) is 2.59. The fourth-order valence-corrected chi connectivity index (χ4v) is 5.03. The highest BCUT2D eigenvalue weighted by molar-refractivity contribution is 7.92. The van der Waals surface area contributed by atoms with Gasteiger partial charge in [-0.3, -0.25) is 4.72 Å². The van der Waals surface area contributed by atoms with Crippen molar-refractivity contribution in [3.05, 3.63) is 30.1 Å². The summed E-state index contributed by atoms with van der Waals surface area (Å²) in [5, 5.41) is 8.69. The normalized spacial score (nSPS) is 20.5. The second-order valence-electron chi connectivity index (χ2n) is 6.97. The molecule has 0 saturated carbocycles. The van der Waals surface area contributed by atoms with Crippen LogP contribution in [0.2, 0.25) is 0 Å². The van der Waals surface area contributed by atoms with E-state index >= 15 is 0 Å². The van der Waals surface area contributed by atoms with Crippen LogP contribution in [0.15, 0.2) is 24.3 Å². The fourth-order valence-electron chi connectivity index (χ4n) is 3.68. The van der Waals surface area contributed by atoms with Crippen LogP contribution in [-0.4, -0.2) is 41.6 Å². The summed E-state index contributed by atoms with van der Waals surface area (Å²) >= 11 is 0. The van der Waals surface area contributed by atoms with Crippen molar-refractivity contribution in [2.24, 2.45) is 0 Å². The molecule has 1 unspecified atom stereocenters. The molecule has 140 valence electrons. The van der Waals surface area contributed by atoms with Crippen molar-refractivity contribution in [3.63, 3.8) is 0 Å². The van der Waals surface area contributed by atoms with E-state index in [0.717, 1.165) is 55.9 Å². The van der Waals surface area contributed by atoms with Crippen molar-refractivity contribution < 1.29 is 13.2 Å². The highest BCUT2D eigenvalue weighted by Gasteiger charge is 2.25. The zero-order valence-electron chi connectivity index (χ0n) is 14.7. The number of nitrogens with one attached hydrogen (secondary N) is 1. The Morgan fingerprint density at radius 1 is 1.15 bits per heavy atom. The average Bonchev–Trinajstić information content (AvgIpc) is 3.19. The number of para-hydroxylation sites is 1. The number of benzene rings is 1. The van der Waals surface area contributed by atoms with Crippen molar-refractivity contribution in [1.82, 2.24) is 14.8 Å². The Kier molecular flexibility index (Phi) is 4.95. The highest BCUT2D eigenvalue weighted by atomic mass is 32.2. The number of rotatable bonds is 5. The van der Waals surface area contributed by atoms with E-state index < -0.39 is 10.0 Å². The van der Waals surface area contributed by atoms with Crippen LogP contribution in [0.1, 0.15) is 37.9 Å². The molecule has 1 fully saturated rings. The van der Waals surface area contributed by atoms with Gasteiger partial charge in [0.1, 0.15) is 5.82 Å². The number of anilines is 1.